The molecule has 43 heavy (non-hydrogen) atoms. The normalized spacial score (nSPS) is 10.8. The smallest absolute Gasteiger partial charge is 0.343 e. The summed E-state index contributed by atoms with van der Waals surface area (Å²) in [6, 6.07) is 26.8. The second-order valence-corrected chi connectivity index (χ2v) is 10.5. The number of hydrogen-bond acceptors (Lipinski definition) is 8. The SMILES string of the molecule is O=C(CC(=O)N/N=C/c1cc(Br)ccc1OC(=O)c1ccccc1)N/N=C/c1cc(Br)ccc1OC(=O)c1ccccc1. The second kappa shape index (κ2) is 15.3. The van der Waals surface area contributed by atoms with Gasteiger partial charge in [0.1, 0.15) is 17.9 Å². The molecule has 4 aromatic rings. The first-order chi connectivity index (χ1) is 20.8. The third-order valence-electron chi connectivity index (χ3n) is 5.47. The van der Waals surface area contributed by atoms with E-state index in [9.17, 15) is 19.2 Å². The van der Waals surface area contributed by atoms with E-state index < -0.39 is 30.2 Å². The third kappa shape index (κ3) is 9.55. The Morgan fingerprint density at radius 3 is 1.40 bits per heavy atom. The Hall–Kier alpha value is -4.94. The molecule has 12 heteroatoms. The van der Waals surface area contributed by atoms with E-state index in [4.69, 9.17) is 9.47 Å². The summed E-state index contributed by atoms with van der Waals surface area (Å²) in [6.07, 6.45) is 2.01. The Morgan fingerprint density at radius 2 is 1.00 bits per heavy atom. The molecule has 0 aliphatic heterocycles. The first-order valence-corrected chi connectivity index (χ1v) is 14.1. The standard InChI is InChI=1S/C31H22Br2N4O6/c32-24-11-13-26(42-30(40)20-7-3-1-4-8-20)22(15-24)18-34-36-28(38)17-29(39)37-35-19-23-16-25(33)12-14-27(23)43-31(41)21-9-5-2-6-10-21/h1-16,18-19H,17H2,(H,36,38)(H,37,39)/b34-18+,35-19+. The highest BCUT2D eigenvalue weighted by Crippen LogP contribution is 2.24. The van der Waals surface area contributed by atoms with Crippen LogP contribution in [0.3, 0.4) is 0 Å². The van der Waals surface area contributed by atoms with Crippen LogP contribution in [0.2, 0.25) is 0 Å². The monoisotopic (exact) mass is 704 g/mol. The van der Waals surface area contributed by atoms with Crippen LogP contribution in [0.4, 0.5) is 0 Å². The molecule has 0 saturated heterocycles. The van der Waals surface area contributed by atoms with Crippen molar-refractivity contribution in [3.05, 3.63) is 128 Å². The minimum absolute atomic E-state index is 0.225. The Kier molecular flexibility index (Phi) is 11.1. The number of carbonyl (C=O) groups is 4. The summed E-state index contributed by atoms with van der Waals surface area (Å²) in [5.74, 6) is -2.07. The molecular formula is C31H22Br2N4O6. The predicted octanol–water partition coefficient (Wildman–Crippen LogP) is 5.64. The van der Waals surface area contributed by atoms with Crippen molar-refractivity contribution in [1.82, 2.24) is 10.9 Å². The van der Waals surface area contributed by atoms with Crippen LogP contribution in [0, 0.1) is 0 Å². The van der Waals surface area contributed by atoms with Gasteiger partial charge in [0.25, 0.3) is 0 Å². The summed E-state index contributed by atoms with van der Waals surface area (Å²) < 4.78 is 12.3. The molecule has 0 bridgehead atoms. The largest absolute Gasteiger partial charge is 0.422 e. The van der Waals surface area contributed by atoms with Crippen LogP contribution in [0.1, 0.15) is 38.3 Å². The molecule has 2 amide bonds. The summed E-state index contributed by atoms with van der Waals surface area (Å²) in [4.78, 5) is 49.4. The van der Waals surface area contributed by atoms with Crippen molar-refractivity contribution in [3.63, 3.8) is 0 Å². The number of nitrogens with one attached hydrogen (secondary N) is 2. The lowest BCUT2D eigenvalue weighted by molar-refractivity contribution is -0.129. The summed E-state index contributed by atoms with van der Waals surface area (Å²) in [7, 11) is 0. The van der Waals surface area contributed by atoms with E-state index in [0.29, 0.717) is 31.2 Å². The maximum absolute atomic E-state index is 12.4. The molecule has 0 radical (unpaired) electrons. The zero-order valence-corrected chi connectivity index (χ0v) is 25.4. The quantitative estimate of drug-likeness (QED) is 0.0721. The van der Waals surface area contributed by atoms with Crippen LogP contribution in [0.25, 0.3) is 0 Å². The van der Waals surface area contributed by atoms with Crippen molar-refractivity contribution < 1.29 is 28.7 Å². The molecular weight excluding hydrogens is 684 g/mol. The van der Waals surface area contributed by atoms with E-state index in [1.54, 1.807) is 97.1 Å². The van der Waals surface area contributed by atoms with Crippen LogP contribution >= 0.6 is 31.9 Å². The van der Waals surface area contributed by atoms with Crippen molar-refractivity contribution in [2.45, 2.75) is 6.42 Å². The number of hydrazone groups is 2. The van der Waals surface area contributed by atoms with Gasteiger partial charge in [-0.2, -0.15) is 10.2 Å². The van der Waals surface area contributed by atoms with E-state index in [1.165, 1.54) is 12.4 Å². The molecule has 0 unspecified atom stereocenters. The highest BCUT2D eigenvalue weighted by atomic mass is 79.9. The number of rotatable bonds is 10. The molecule has 0 fully saturated rings. The van der Waals surface area contributed by atoms with Gasteiger partial charge in [0.2, 0.25) is 11.8 Å². The lowest BCUT2D eigenvalue weighted by atomic mass is 10.2. The van der Waals surface area contributed by atoms with Crippen molar-refractivity contribution in [2.24, 2.45) is 10.2 Å². The lowest BCUT2D eigenvalue weighted by Crippen LogP contribution is -2.27. The van der Waals surface area contributed by atoms with Crippen molar-refractivity contribution in [2.75, 3.05) is 0 Å². The van der Waals surface area contributed by atoms with E-state index in [1.807, 2.05) is 0 Å². The summed E-state index contributed by atoms with van der Waals surface area (Å²) in [6.45, 7) is 0. The molecule has 4 rings (SSSR count). The van der Waals surface area contributed by atoms with E-state index in [-0.39, 0.29) is 11.5 Å². The Bertz CT molecular complexity index is 1570. The summed E-state index contributed by atoms with van der Waals surface area (Å²) in [5, 5.41) is 7.74. The van der Waals surface area contributed by atoms with Crippen LogP contribution < -0.4 is 20.3 Å². The van der Waals surface area contributed by atoms with Crippen LogP contribution in [-0.4, -0.2) is 36.2 Å². The van der Waals surface area contributed by atoms with Crippen molar-refractivity contribution in [1.29, 1.82) is 0 Å². The zero-order chi connectivity index (χ0) is 30.6. The number of halogens is 2. The van der Waals surface area contributed by atoms with Gasteiger partial charge in [-0.25, -0.2) is 20.4 Å². The third-order valence-corrected chi connectivity index (χ3v) is 6.46. The summed E-state index contributed by atoms with van der Waals surface area (Å²) in [5.41, 5.74) is 6.07. The van der Waals surface area contributed by atoms with Crippen LogP contribution in [0.15, 0.2) is 116 Å². The molecule has 0 atom stereocenters. The molecule has 0 aliphatic rings. The van der Waals surface area contributed by atoms with Crippen LogP contribution in [-0.2, 0) is 9.59 Å². The Labute approximate surface area is 263 Å². The number of esters is 2. The number of ether oxygens (including phenoxy) is 2. The number of carbonyl (C=O) groups excluding carboxylic acids is 4. The van der Waals surface area contributed by atoms with Gasteiger partial charge in [-0.15, -0.1) is 0 Å². The van der Waals surface area contributed by atoms with Gasteiger partial charge in [0.15, 0.2) is 0 Å². The molecule has 0 saturated carbocycles. The molecule has 4 aromatic carbocycles. The lowest BCUT2D eigenvalue weighted by Gasteiger charge is -2.08. The van der Waals surface area contributed by atoms with Crippen molar-refractivity contribution >= 4 is 68.0 Å². The minimum Gasteiger partial charge on any atom is -0.422 e. The topological polar surface area (TPSA) is 136 Å². The number of nitrogens with zero attached hydrogens (tertiary/aromatic N) is 2. The molecule has 216 valence electrons. The minimum atomic E-state index is -0.707. The summed E-state index contributed by atoms with van der Waals surface area (Å²) >= 11 is 6.70. The maximum atomic E-state index is 12.4. The molecule has 2 N–H and O–H groups in total. The van der Waals surface area contributed by atoms with Gasteiger partial charge in [-0.1, -0.05) is 68.3 Å². The van der Waals surface area contributed by atoms with Gasteiger partial charge in [0, 0.05) is 20.1 Å². The number of benzene rings is 4. The Morgan fingerprint density at radius 1 is 0.605 bits per heavy atom. The first-order valence-electron chi connectivity index (χ1n) is 12.6. The van der Waals surface area contributed by atoms with E-state index >= 15 is 0 Å². The predicted molar refractivity (Wildman–Crippen MR) is 167 cm³/mol. The zero-order valence-electron chi connectivity index (χ0n) is 22.2. The highest BCUT2D eigenvalue weighted by molar-refractivity contribution is 9.10. The van der Waals surface area contributed by atoms with E-state index in [2.05, 4.69) is 52.9 Å². The highest BCUT2D eigenvalue weighted by Gasteiger charge is 2.13. The fraction of sp³-hybridized carbons (Fsp3) is 0.0323. The number of amides is 2. The molecule has 0 aliphatic carbocycles. The Balaban J connectivity index is 1.31. The first kappa shape index (κ1) is 31.0. The maximum Gasteiger partial charge on any atom is 0.343 e. The fourth-order valence-electron chi connectivity index (χ4n) is 3.46. The van der Waals surface area contributed by atoms with Gasteiger partial charge in [-0.05, 0) is 60.7 Å². The van der Waals surface area contributed by atoms with Gasteiger partial charge in [0.05, 0.1) is 23.6 Å². The van der Waals surface area contributed by atoms with Gasteiger partial charge in [-0.3, -0.25) is 9.59 Å². The average Bonchev–Trinajstić information content (AvgIpc) is 3.00. The van der Waals surface area contributed by atoms with Gasteiger partial charge < -0.3 is 9.47 Å². The molecule has 0 heterocycles. The number of hydrogen-bond donors (Lipinski definition) is 2. The van der Waals surface area contributed by atoms with Crippen molar-refractivity contribution in [3.8, 4) is 11.5 Å². The van der Waals surface area contributed by atoms with Crippen LogP contribution in [0.5, 0.6) is 11.5 Å². The van der Waals surface area contributed by atoms with E-state index in [0.717, 1.165) is 0 Å². The fourth-order valence-corrected chi connectivity index (χ4v) is 4.22. The molecule has 0 aromatic heterocycles. The second-order valence-electron chi connectivity index (χ2n) is 8.64. The molecule has 0 spiro atoms. The molecule has 10 nitrogen and oxygen atoms in total. The average molecular weight is 706 g/mol. The van der Waals surface area contributed by atoms with Gasteiger partial charge >= 0.3 is 11.9 Å².